The molecule has 0 aromatic heterocycles. The third-order valence-electron chi connectivity index (χ3n) is 6.48. The zero-order valence-corrected chi connectivity index (χ0v) is 18.9. The van der Waals surface area contributed by atoms with Gasteiger partial charge >= 0.3 is 0 Å². The molecule has 0 saturated carbocycles. The first-order valence-electron chi connectivity index (χ1n) is 11.2. The van der Waals surface area contributed by atoms with Crippen molar-refractivity contribution in [1.29, 1.82) is 0 Å². The first-order valence-corrected chi connectivity index (χ1v) is 11.2. The molecule has 0 radical (unpaired) electrons. The number of rotatable bonds is 9. The molecule has 166 valence electrons. The topological polar surface area (TPSA) is 67.9 Å². The van der Waals surface area contributed by atoms with Crippen molar-refractivity contribution in [2.75, 3.05) is 45.2 Å². The second-order valence-corrected chi connectivity index (χ2v) is 8.59. The number of fused-ring (bicyclic) bond motifs is 1. The first kappa shape index (κ1) is 22.6. The van der Waals surface area contributed by atoms with Gasteiger partial charge in [0.15, 0.2) is 0 Å². The summed E-state index contributed by atoms with van der Waals surface area (Å²) < 4.78 is 0. The Morgan fingerprint density at radius 1 is 1.20 bits per heavy atom. The lowest BCUT2D eigenvalue weighted by Crippen LogP contribution is -2.58. The van der Waals surface area contributed by atoms with E-state index < -0.39 is 0 Å². The van der Waals surface area contributed by atoms with E-state index in [1.807, 2.05) is 32.8 Å². The van der Waals surface area contributed by atoms with E-state index in [-0.39, 0.29) is 29.9 Å². The van der Waals surface area contributed by atoms with Gasteiger partial charge in [-0.2, -0.15) is 0 Å². The molecule has 3 rings (SSSR count). The Hall–Kier alpha value is -2.12. The normalized spacial score (nSPS) is 23.7. The van der Waals surface area contributed by atoms with E-state index in [2.05, 4.69) is 44.7 Å². The average molecular weight is 416 g/mol. The standard InChI is InChI=1S/C23H37N5O2/c1-5-27(6-2)22(29)12-11-20-15-25-23(30)21-13-18(16-28(20)21)24-14-17-7-9-19(10-8-17)26(3)4/h7-10,18,20-21,24H,5-6,11-16H2,1-4H3,(H,25,30)/t18-,20-,21+/m0/s1. The van der Waals surface area contributed by atoms with Crippen LogP contribution >= 0.6 is 0 Å². The number of hydrogen-bond donors (Lipinski definition) is 2. The summed E-state index contributed by atoms with van der Waals surface area (Å²) in [6.45, 7) is 7.84. The Morgan fingerprint density at radius 2 is 1.90 bits per heavy atom. The van der Waals surface area contributed by atoms with Gasteiger partial charge in [0, 0.05) is 71.0 Å². The van der Waals surface area contributed by atoms with Crippen LogP contribution in [0.25, 0.3) is 0 Å². The van der Waals surface area contributed by atoms with Gasteiger partial charge in [0.1, 0.15) is 0 Å². The van der Waals surface area contributed by atoms with E-state index in [0.717, 1.165) is 39.0 Å². The number of nitrogens with one attached hydrogen (secondary N) is 2. The Morgan fingerprint density at radius 3 is 2.53 bits per heavy atom. The molecule has 7 nitrogen and oxygen atoms in total. The summed E-state index contributed by atoms with van der Waals surface area (Å²) in [5.74, 6) is 0.337. The number of piperazine rings is 1. The van der Waals surface area contributed by atoms with E-state index in [1.165, 1.54) is 11.3 Å². The van der Waals surface area contributed by atoms with Gasteiger partial charge in [0.05, 0.1) is 6.04 Å². The quantitative estimate of drug-likeness (QED) is 0.639. The summed E-state index contributed by atoms with van der Waals surface area (Å²) in [6, 6.07) is 9.00. The summed E-state index contributed by atoms with van der Waals surface area (Å²) in [6.07, 6.45) is 2.16. The zero-order chi connectivity index (χ0) is 21.7. The number of nitrogens with zero attached hydrogens (tertiary/aromatic N) is 3. The Bertz CT molecular complexity index is 717. The maximum Gasteiger partial charge on any atom is 0.237 e. The van der Waals surface area contributed by atoms with Crippen LogP contribution in [0.3, 0.4) is 0 Å². The SMILES string of the molecule is CCN(CC)C(=O)CC[C@H]1CNC(=O)[C@H]2C[C@H](NCc3ccc(N(C)C)cc3)CN12. The van der Waals surface area contributed by atoms with Crippen LogP contribution in [0.15, 0.2) is 24.3 Å². The van der Waals surface area contributed by atoms with Crippen molar-refractivity contribution in [2.45, 2.75) is 57.8 Å². The molecule has 0 aliphatic carbocycles. The Labute approximate surface area is 180 Å². The number of hydrogen-bond acceptors (Lipinski definition) is 5. The van der Waals surface area contributed by atoms with Crippen molar-refractivity contribution in [3.05, 3.63) is 29.8 Å². The van der Waals surface area contributed by atoms with Crippen LogP contribution in [0.4, 0.5) is 5.69 Å². The van der Waals surface area contributed by atoms with Crippen LogP contribution in [-0.2, 0) is 16.1 Å². The molecular weight excluding hydrogens is 378 g/mol. The van der Waals surface area contributed by atoms with Crippen molar-refractivity contribution in [2.24, 2.45) is 0 Å². The highest BCUT2D eigenvalue weighted by Crippen LogP contribution is 2.26. The second kappa shape index (κ2) is 10.3. The minimum atomic E-state index is -0.0825. The van der Waals surface area contributed by atoms with Crippen LogP contribution in [0, 0.1) is 0 Å². The van der Waals surface area contributed by atoms with Crippen molar-refractivity contribution in [3.63, 3.8) is 0 Å². The molecule has 2 N–H and O–H groups in total. The number of anilines is 1. The average Bonchev–Trinajstić information content (AvgIpc) is 3.18. The van der Waals surface area contributed by atoms with Crippen molar-refractivity contribution >= 4 is 17.5 Å². The van der Waals surface area contributed by atoms with E-state index in [0.29, 0.717) is 13.0 Å². The van der Waals surface area contributed by atoms with Crippen molar-refractivity contribution in [1.82, 2.24) is 20.4 Å². The van der Waals surface area contributed by atoms with E-state index in [1.54, 1.807) is 0 Å². The smallest absolute Gasteiger partial charge is 0.237 e. The molecule has 0 spiro atoms. The maximum atomic E-state index is 12.4. The van der Waals surface area contributed by atoms with Gasteiger partial charge in [-0.05, 0) is 44.4 Å². The molecule has 2 fully saturated rings. The maximum absolute atomic E-state index is 12.4. The third kappa shape index (κ3) is 5.32. The molecular formula is C23H37N5O2. The predicted molar refractivity (Wildman–Crippen MR) is 120 cm³/mol. The third-order valence-corrected chi connectivity index (χ3v) is 6.48. The highest BCUT2D eigenvalue weighted by atomic mass is 16.2. The Balaban J connectivity index is 1.53. The van der Waals surface area contributed by atoms with Gasteiger partial charge < -0.3 is 20.4 Å². The van der Waals surface area contributed by atoms with Crippen molar-refractivity contribution < 1.29 is 9.59 Å². The fourth-order valence-corrected chi connectivity index (χ4v) is 4.59. The lowest BCUT2D eigenvalue weighted by molar-refractivity contribution is -0.132. The fraction of sp³-hybridized carbons (Fsp3) is 0.652. The van der Waals surface area contributed by atoms with Gasteiger partial charge in [0.2, 0.25) is 11.8 Å². The lowest BCUT2D eigenvalue weighted by atomic mass is 10.0. The van der Waals surface area contributed by atoms with Crippen LogP contribution in [0.2, 0.25) is 0 Å². The molecule has 2 heterocycles. The van der Waals surface area contributed by atoms with Crippen molar-refractivity contribution in [3.8, 4) is 0 Å². The zero-order valence-electron chi connectivity index (χ0n) is 18.9. The second-order valence-electron chi connectivity index (χ2n) is 8.59. The highest BCUT2D eigenvalue weighted by Gasteiger charge is 2.43. The minimum absolute atomic E-state index is 0.0825. The molecule has 2 aliphatic heterocycles. The first-order chi connectivity index (χ1) is 14.4. The monoisotopic (exact) mass is 415 g/mol. The summed E-state index contributed by atoms with van der Waals surface area (Å²) in [5.41, 5.74) is 2.44. The van der Waals surface area contributed by atoms with Gasteiger partial charge in [-0.25, -0.2) is 0 Å². The Kier molecular flexibility index (Phi) is 7.72. The molecule has 0 unspecified atom stereocenters. The fourth-order valence-electron chi connectivity index (χ4n) is 4.59. The minimum Gasteiger partial charge on any atom is -0.378 e. The van der Waals surface area contributed by atoms with Crippen LogP contribution in [0.5, 0.6) is 0 Å². The van der Waals surface area contributed by atoms with Crippen LogP contribution in [0.1, 0.15) is 38.7 Å². The van der Waals surface area contributed by atoms with E-state index in [9.17, 15) is 9.59 Å². The van der Waals surface area contributed by atoms with Crippen LogP contribution in [-0.4, -0.2) is 80.0 Å². The van der Waals surface area contributed by atoms with Gasteiger partial charge in [-0.1, -0.05) is 12.1 Å². The predicted octanol–water partition coefficient (Wildman–Crippen LogP) is 1.43. The molecule has 2 aliphatic rings. The number of carbonyl (C=O) groups excluding carboxylic acids is 2. The molecule has 2 amide bonds. The van der Waals surface area contributed by atoms with E-state index >= 15 is 0 Å². The molecule has 1 aromatic rings. The summed E-state index contributed by atoms with van der Waals surface area (Å²) in [5, 5.41) is 6.69. The lowest BCUT2D eigenvalue weighted by Gasteiger charge is -2.37. The molecule has 1 aromatic carbocycles. The molecule has 0 bridgehead atoms. The molecule has 3 atom stereocenters. The largest absolute Gasteiger partial charge is 0.378 e. The number of amides is 2. The van der Waals surface area contributed by atoms with E-state index in [4.69, 9.17) is 0 Å². The number of benzene rings is 1. The summed E-state index contributed by atoms with van der Waals surface area (Å²) in [7, 11) is 4.08. The summed E-state index contributed by atoms with van der Waals surface area (Å²) >= 11 is 0. The number of carbonyl (C=O) groups is 2. The van der Waals surface area contributed by atoms with Crippen LogP contribution < -0.4 is 15.5 Å². The van der Waals surface area contributed by atoms with Gasteiger partial charge in [0.25, 0.3) is 0 Å². The van der Waals surface area contributed by atoms with Gasteiger partial charge in [-0.3, -0.25) is 14.5 Å². The van der Waals surface area contributed by atoms with Gasteiger partial charge in [-0.15, -0.1) is 0 Å². The summed E-state index contributed by atoms with van der Waals surface area (Å²) in [4.78, 5) is 31.1. The molecule has 7 heteroatoms. The molecule has 30 heavy (non-hydrogen) atoms. The highest BCUT2D eigenvalue weighted by molar-refractivity contribution is 5.83. The molecule has 2 saturated heterocycles.